The fraction of sp³-hybridized carbons (Fsp3) is 1.00. The first-order valence-corrected chi connectivity index (χ1v) is 8.70. The summed E-state index contributed by atoms with van der Waals surface area (Å²) in [7, 11) is 0. The molecule has 0 saturated heterocycles. The molecule has 1 atom stereocenters. The molecule has 1 unspecified atom stereocenters. The summed E-state index contributed by atoms with van der Waals surface area (Å²) in [6.45, 7) is 2.69. The van der Waals surface area contributed by atoms with Gasteiger partial charge in [0.25, 0.3) is 0 Å². The summed E-state index contributed by atoms with van der Waals surface area (Å²) >= 11 is 0. The summed E-state index contributed by atoms with van der Waals surface area (Å²) < 4.78 is 0. The van der Waals surface area contributed by atoms with Crippen molar-refractivity contribution in [3.05, 3.63) is 0 Å². The second-order valence-electron chi connectivity index (χ2n) is 8.48. The van der Waals surface area contributed by atoms with Crippen molar-refractivity contribution < 1.29 is 0 Å². The zero-order valence-electron chi connectivity index (χ0n) is 12.3. The van der Waals surface area contributed by atoms with Crippen LogP contribution in [-0.4, -0.2) is 0 Å². The first-order chi connectivity index (χ1) is 8.70. The van der Waals surface area contributed by atoms with Gasteiger partial charge in [-0.15, -0.1) is 0 Å². The first-order valence-electron chi connectivity index (χ1n) is 8.70. The number of rotatable bonds is 3. The average Bonchev–Trinajstić information content (AvgIpc) is 2.94. The van der Waals surface area contributed by atoms with E-state index < -0.39 is 0 Å². The van der Waals surface area contributed by atoms with Crippen molar-refractivity contribution in [3.8, 4) is 0 Å². The van der Waals surface area contributed by atoms with Gasteiger partial charge in [-0.1, -0.05) is 51.9 Å². The quantitative estimate of drug-likeness (QED) is 0.598. The number of hydrogen-bond donors (Lipinski definition) is 0. The molecule has 0 N–H and O–H groups in total. The van der Waals surface area contributed by atoms with Crippen LogP contribution in [0.1, 0.15) is 90.4 Å². The van der Waals surface area contributed by atoms with E-state index in [0.29, 0.717) is 0 Å². The lowest BCUT2D eigenvalue weighted by Crippen LogP contribution is -2.43. The molecule has 0 nitrogen and oxygen atoms in total. The van der Waals surface area contributed by atoms with Crippen LogP contribution in [0.5, 0.6) is 0 Å². The maximum absolute atomic E-state index is 2.69. The predicted octanol–water partition coefficient (Wildman–Crippen LogP) is 5.71. The molecule has 0 aliphatic heterocycles. The molecular formula is C18H30. The molecule has 4 aliphatic carbocycles. The zero-order chi connectivity index (χ0) is 12.3. The molecule has 0 bridgehead atoms. The van der Waals surface area contributed by atoms with E-state index in [1.165, 1.54) is 25.7 Å². The topological polar surface area (TPSA) is 0 Å². The van der Waals surface area contributed by atoms with Crippen LogP contribution < -0.4 is 0 Å². The third-order valence-corrected chi connectivity index (χ3v) is 7.93. The Morgan fingerprint density at radius 1 is 0.833 bits per heavy atom. The molecule has 0 aromatic rings. The highest BCUT2D eigenvalue weighted by Crippen LogP contribution is 2.83. The van der Waals surface area contributed by atoms with Crippen LogP contribution >= 0.6 is 0 Å². The summed E-state index contributed by atoms with van der Waals surface area (Å²) in [6, 6.07) is 0. The Morgan fingerprint density at radius 2 is 1.50 bits per heavy atom. The van der Waals surface area contributed by atoms with Gasteiger partial charge in [0.05, 0.1) is 0 Å². The van der Waals surface area contributed by atoms with Gasteiger partial charge in [-0.2, -0.15) is 0 Å². The van der Waals surface area contributed by atoms with Crippen molar-refractivity contribution >= 4 is 0 Å². The standard InChI is InChI=1S/C18H30/c1-16(14-18(16)11-6-12-18)17(9-5-10-17)13-15-7-3-2-4-8-15/h15H,2-14H2,1H3. The van der Waals surface area contributed by atoms with Gasteiger partial charge in [0, 0.05) is 0 Å². The third-order valence-electron chi connectivity index (χ3n) is 7.93. The van der Waals surface area contributed by atoms with Gasteiger partial charge in [0.15, 0.2) is 0 Å². The van der Waals surface area contributed by atoms with E-state index in [4.69, 9.17) is 0 Å². The van der Waals surface area contributed by atoms with Crippen LogP contribution in [0.3, 0.4) is 0 Å². The lowest BCUT2D eigenvalue weighted by molar-refractivity contribution is -0.0317. The molecule has 4 rings (SSSR count). The minimum Gasteiger partial charge on any atom is -0.0586 e. The van der Waals surface area contributed by atoms with Crippen molar-refractivity contribution in [1.29, 1.82) is 0 Å². The highest BCUT2D eigenvalue weighted by molar-refractivity contribution is 5.24. The van der Waals surface area contributed by atoms with Crippen molar-refractivity contribution in [2.45, 2.75) is 90.4 Å². The Balaban J connectivity index is 1.49. The Hall–Kier alpha value is 0. The summed E-state index contributed by atoms with van der Waals surface area (Å²) in [5.74, 6) is 1.11. The predicted molar refractivity (Wildman–Crippen MR) is 76.5 cm³/mol. The van der Waals surface area contributed by atoms with Crippen LogP contribution in [0.2, 0.25) is 0 Å². The van der Waals surface area contributed by atoms with E-state index in [1.807, 2.05) is 0 Å². The zero-order valence-corrected chi connectivity index (χ0v) is 12.3. The minimum atomic E-state index is 0.786. The second-order valence-corrected chi connectivity index (χ2v) is 8.48. The Kier molecular flexibility index (Phi) is 2.47. The van der Waals surface area contributed by atoms with Crippen LogP contribution in [0.15, 0.2) is 0 Å². The van der Waals surface area contributed by atoms with E-state index in [1.54, 1.807) is 57.8 Å². The van der Waals surface area contributed by atoms with Gasteiger partial charge in [-0.25, -0.2) is 0 Å². The Morgan fingerprint density at radius 3 is 1.94 bits per heavy atom. The van der Waals surface area contributed by atoms with Gasteiger partial charge >= 0.3 is 0 Å². The second kappa shape index (κ2) is 3.76. The van der Waals surface area contributed by atoms with E-state index in [-0.39, 0.29) is 0 Å². The Bertz CT molecular complexity index is 328. The number of hydrogen-bond acceptors (Lipinski definition) is 0. The van der Waals surface area contributed by atoms with Crippen molar-refractivity contribution in [1.82, 2.24) is 0 Å². The molecule has 0 aromatic heterocycles. The van der Waals surface area contributed by atoms with E-state index in [0.717, 1.165) is 22.2 Å². The molecule has 4 fully saturated rings. The molecule has 0 heterocycles. The van der Waals surface area contributed by atoms with E-state index in [9.17, 15) is 0 Å². The van der Waals surface area contributed by atoms with Gasteiger partial charge in [0.2, 0.25) is 0 Å². The van der Waals surface area contributed by atoms with Crippen molar-refractivity contribution in [2.24, 2.45) is 22.2 Å². The summed E-state index contributed by atoms with van der Waals surface area (Å²) in [5, 5.41) is 0. The van der Waals surface area contributed by atoms with Crippen LogP contribution in [0.4, 0.5) is 0 Å². The highest BCUT2D eigenvalue weighted by Gasteiger charge is 2.74. The maximum atomic E-state index is 2.69. The highest BCUT2D eigenvalue weighted by atomic mass is 14.8. The molecule has 0 amide bonds. The van der Waals surface area contributed by atoms with Gasteiger partial charge in [-0.3, -0.25) is 0 Å². The molecule has 0 aromatic carbocycles. The first kappa shape index (κ1) is 11.8. The summed E-state index contributed by atoms with van der Waals surface area (Å²) in [5.41, 5.74) is 2.46. The summed E-state index contributed by atoms with van der Waals surface area (Å²) in [6.07, 6.45) is 20.3. The van der Waals surface area contributed by atoms with E-state index >= 15 is 0 Å². The third kappa shape index (κ3) is 1.38. The molecular weight excluding hydrogens is 216 g/mol. The van der Waals surface area contributed by atoms with Gasteiger partial charge in [-0.05, 0) is 60.7 Å². The van der Waals surface area contributed by atoms with Crippen LogP contribution in [0, 0.1) is 22.2 Å². The minimum absolute atomic E-state index is 0.786. The average molecular weight is 246 g/mol. The maximum Gasteiger partial charge on any atom is -0.0207 e. The van der Waals surface area contributed by atoms with Gasteiger partial charge < -0.3 is 0 Å². The smallest absolute Gasteiger partial charge is 0.0207 e. The van der Waals surface area contributed by atoms with Gasteiger partial charge in [0.1, 0.15) is 0 Å². The normalized spacial score (nSPS) is 41.2. The molecule has 4 aliphatic rings. The van der Waals surface area contributed by atoms with Crippen LogP contribution in [-0.2, 0) is 0 Å². The molecule has 0 heteroatoms. The lowest BCUT2D eigenvalue weighted by atomic mass is 9.51. The largest absolute Gasteiger partial charge is 0.0586 e. The fourth-order valence-electron chi connectivity index (χ4n) is 6.24. The molecule has 0 radical (unpaired) electrons. The van der Waals surface area contributed by atoms with E-state index in [2.05, 4.69) is 6.92 Å². The fourth-order valence-corrected chi connectivity index (χ4v) is 6.24. The van der Waals surface area contributed by atoms with Crippen LogP contribution in [0.25, 0.3) is 0 Å². The molecule has 4 saturated carbocycles. The molecule has 1 spiro atoms. The lowest BCUT2D eigenvalue weighted by Gasteiger charge is -2.53. The monoisotopic (exact) mass is 246 g/mol. The van der Waals surface area contributed by atoms with Crippen molar-refractivity contribution in [2.75, 3.05) is 0 Å². The van der Waals surface area contributed by atoms with Crippen molar-refractivity contribution in [3.63, 3.8) is 0 Å². The molecule has 102 valence electrons. The SMILES string of the molecule is CC1(C2(CC3CCCCC3)CCC2)CC12CCC2. The molecule has 18 heavy (non-hydrogen) atoms. The summed E-state index contributed by atoms with van der Waals surface area (Å²) in [4.78, 5) is 0. The Labute approximate surface area is 113 Å².